The second kappa shape index (κ2) is 11.0. The fraction of sp³-hybridized carbons (Fsp3) is 0.300. The van der Waals surface area contributed by atoms with E-state index in [4.69, 9.17) is 0 Å². The molecule has 4 aromatic rings. The summed E-state index contributed by atoms with van der Waals surface area (Å²) in [6, 6.07) is 17.5. The van der Waals surface area contributed by atoms with Gasteiger partial charge in [0.25, 0.3) is 5.69 Å². The molecular weight excluding hydrogens is 521 g/mol. The van der Waals surface area contributed by atoms with Gasteiger partial charge in [-0.15, -0.1) is 0 Å². The number of rotatable bonds is 7. The van der Waals surface area contributed by atoms with E-state index in [1.165, 1.54) is 24.3 Å². The monoisotopic (exact) mass is 550 g/mol. The molecule has 0 saturated carbocycles. The summed E-state index contributed by atoms with van der Waals surface area (Å²) in [6.07, 6.45) is -2.16. The number of anilines is 1. The highest BCUT2D eigenvalue weighted by Gasteiger charge is 2.37. The Morgan fingerprint density at radius 2 is 1.68 bits per heavy atom. The number of hydrogen-bond donors (Lipinski definition) is 1. The topological polar surface area (TPSA) is 82.5 Å². The van der Waals surface area contributed by atoms with E-state index in [-0.39, 0.29) is 23.6 Å². The maximum Gasteiger partial charge on any atom is 0.416 e. The van der Waals surface area contributed by atoms with Crippen molar-refractivity contribution in [1.82, 2.24) is 9.88 Å². The van der Waals surface area contributed by atoms with Crippen molar-refractivity contribution in [1.29, 1.82) is 0 Å². The van der Waals surface area contributed by atoms with Crippen LogP contribution >= 0.6 is 0 Å². The van der Waals surface area contributed by atoms with Gasteiger partial charge in [0.2, 0.25) is 5.91 Å². The average molecular weight is 551 g/mol. The number of aromatic amines is 1. The lowest BCUT2D eigenvalue weighted by atomic mass is 9.84. The molecule has 1 amide bonds. The molecule has 1 aliphatic rings. The minimum Gasteiger partial charge on any atom is -0.368 e. The Bertz CT molecular complexity index is 1520. The number of nitrogens with zero attached hydrogens (tertiary/aromatic N) is 3. The van der Waals surface area contributed by atoms with E-state index in [0.29, 0.717) is 31.7 Å². The smallest absolute Gasteiger partial charge is 0.368 e. The molecule has 0 radical (unpaired) electrons. The van der Waals surface area contributed by atoms with Crippen molar-refractivity contribution in [3.8, 4) is 0 Å². The number of benzene rings is 3. The number of carbonyl (C=O) groups is 1. The third kappa shape index (κ3) is 5.38. The van der Waals surface area contributed by atoms with Crippen LogP contribution in [0.1, 0.15) is 41.5 Å². The zero-order valence-corrected chi connectivity index (χ0v) is 21.9. The number of hydrogen-bond acceptors (Lipinski definition) is 4. The Hall–Kier alpha value is -4.34. The van der Waals surface area contributed by atoms with E-state index in [2.05, 4.69) is 4.98 Å². The van der Waals surface area contributed by atoms with Gasteiger partial charge < -0.3 is 14.8 Å². The standard InChI is InChI=1S/C30H29F3N4O3/c1-2-20-6-5-8-24-26(19-34-29(20)24)25(23-7-3-4-9-27(23)30(31,32)33)18-28(38)36-16-14-35(15-17-36)21-10-12-22(13-11-21)37(39)40/h3-13,19,25,34H,2,14-18H2,1H3. The molecule has 1 saturated heterocycles. The van der Waals surface area contributed by atoms with Crippen molar-refractivity contribution >= 4 is 28.2 Å². The predicted octanol–water partition coefficient (Wildman–Crippen LogP) is 6.53. The quantitative estimate of drug-likeness (QED) is 0.210. The lowest BCUT2D eigenvalue weighted by Gasteiger charge is -2.36. The second-order valence-electron chi connectivity index (χ2n) is 9.92. The zero-order chi connectivity index (χ0) is 28.4. The Morgan fingerprint density at radius 3 is 2.33 bits per heavy atom. The maximum atomic E-state index is 14.1. The van der Waals surface area contributed by atoms with Gasteiger partial charge in [-0.25, -0.2) is 0 Å². The number of aryl methyl sites for hydroxylation is 1. The number of nitrogens with one attached hydrogen (secondary N) is 1. The van der Waals surface area contributed by atoms with Crippen LogP contribution in [0.25, 0.3) is 10.9 Å². The van der Waals surface area contributed by atoms with Gasteiger partial charge in [0.05, 0.1) is 10.5 Å². The highest BCUT2D eigenvalue weighted by atomic mass is 19.4. The van der Waals surface area contributed by atoms with Crippen LogP contribution in [0.15, 0.2) is 72.9 Å². The summed E-state index contributed by atoms with van der Waals surface area (Å²) in [7, 11) is 0. The fourth-order valence-corrected chi connectivity index (χ4v) is 5.57. The number of fused-ring (bicyclic) bond motifs is 1. The first-order chi connectivity index (χ1) is 19.2. The molecule has 1 unspecified atom stereocenters. The van der Waals surface area contributed by atoms with E-state index in [9.17, 15) is 28.1 Å². The molecular formula is C30H29F3N4O3. The van der Waals surface area contributed by atoms with Crippen LogP contribution in [0, 0.1) is 10.1 Å². The third-order valence-corrected chi connectivity index (χ3v) is 7.67. The number of carbonyl (C=O) groups excluding carboxylic acids is 1. The van der Waals surface area contributed by atoms with Gasteiger partial charge in [-0.05, 0) is 41.3 Å². The summed E-state index contributed by atoms with van der Waals surface area (Å²) in [5.41, 5.74) is 2.76. The number of nitro benzene ring substituents is 1. The van der Waals surface area contributed by atoms with Crippen molar-refractivity contribution in [2.75, 3.05) is 31.1 Å². The molecule has 5 rings (SSSR count). The van der Waals surface area contributed by atoms with Crippen LogP contribution < -0.4 is 4.90 Å². The van der Waals surface area contributed by atoms with E-state index in [0.717, 1.165) is 34.6 Å². The number of nitro groups is 1. The van der Waals surface area contributed by atoms with Gasteiger partial charge in [0.15, 0.2) is 0 Å². The number of aromatic nitrogens is 1. The van der Waals surface area contributed by atoms with Crippen LogP contribution in [0.3, 0.4) is 0 Å². The van der Waals surface area contributed by atoms with Gasteiger partial charge in [0, 0.05) is 73.4 Å². The molecule has 7 nitrogen and oxygen atoms in total. The zero-order valence-electron chi connectivity index (χ0n) is 21.9. The van der Waals surface area contributed by atoms with E-state index in [1.54, 1.807) is 29.3 Å². The van der Waals surface area contributed by atoms with Crippen LogP contribution in [-0.2, 0) is 17.4 Å². The van der Waals surface area contributed by atoms with Gasteiger partial charge in [-0.1, -0.05) is 43.3 Å². The largest absolute Gasteiger partial charge is 0.416 e. The molecule has 2 heterocycles. The van der Waals surface area contributed by atoms with Crippen molar-refractivity contribution in [3.05, 3.63) is 105 Å². The van der Waals surface area contributed by atoms with Crippen molar-refractivity contribution < 1.29 is 22.9 Å². The van der Waals surface area contributed by atoms with Crippen LogP contribution in [0.2, 0.25) is 0 Å². The number of para-hydroxylation sites is 1. The molecule has 1 aliphatic heterocycles. The number of piperazine rings is 1. The Morgan fingerprint density at radius 1 is 0.975 bits per heavy atom. The number of amides is 1. The highest BCUT2D eigenvalue weighted by molar-refractivity contribution is 5.88. The molecule has 40 heavy (non-hydrogen) atoms. The van der Waals surface area contributed by atoms with Gasteiger partial charge in [-0.2, -0.15) is 13.2 Å². The van der Waals surface area contributed by atoms with E-state index >= 15 is 0 Å². The van der Waals surface area contributed by atoms with Gasteiger partial charge in [0.1, 0.15) is 0 Å². The second-order valence-corrected chi connectivity index (χ2v) is 9.92. The maximum absolute atomic E-state index is 14.1. The molecule has 0 aliphatic carbocycles. The summed E-state index contributed by atoms with van der Waals surface area (Å²) in [6.45, 7) is 3.85. The van der Waals surface area contributed by atoms with Gasteiger partial charge >= 0.3 is 6.18 Å². The minimum absolute atomic E-state index is 0.00563. The van der Waals surface area contributed by atoms with E-state index < -0.39 is 22.6 Å². The Balaban J connectivity index is 1.41. The fourth-order valence-electron chi connectivity index (χ4n) is 5.57. The molecule has 0 bridgehead atoms. The number of H-pyrrole nitrogens is 1. The van der Waals surface area contributed by atoms with E-state index in [1.807, 2.05) is 30.0 Å². The highest BCUT2D eigenvalue weighted by Crippen LogP contribution is 2.41. The Kier molecular flexibility index (Phi) is 7.51. The summed E-state index contributed by atoms with van der Waals surface area (Å²) in [5.74, 6) is -1.01. The number of alkyl halides is 3. The van der Waals surface area contributed by atoms with Crippen molar-refractivity contribution in [2.45, 2.75) is 31.9 Å². The minimum atomic E-state index is -4.56. The molecule has 208 valence electrons. The van der Waals surface area contributed by atoms with Crippen LogP contribution in [-0.4, -0.2) is 46.9 Å². The average Bonchev–Trinajstić information content (AvgIpc) is 3.39. The lowest BCUT2D eigenvalue weighted by Crippen LogP contribution is -2.49. The SMILES string of the molecule is CCc1cccc2c(C(CC(=O)N3CCN(c4ccc([N+](=O)[O-])cc4)CC3)c3ccccc3C(F)(F)F)c[nH]c12. The molecule has 1 N–H and O–H groups in total. The van der Waals surface area contributed by atoms with Crippen molar-refractivity contribution in [3.63, 3.8) is 0 Å². The van der Waals surface area contributed by atoms with Crippen molar-refractivity contribution in [2.24, 2.45) is 0 Å². The Labute approximate surface area is 229 Å². The lowest BCUT2D eigenvalue weighted by molar-refractivity contribution is -0.384. The summed E-state index contributed by atoms with van der Waals surface area (Å²) in [4.78, 5) is 31.1. The predicted molar refractivity (Wildman–Crippen MR) is 147 cm³/mol. The van der Waals surface area contributed by atoms with Crippen LogP contribution in [0.4, 0.5) is 24.5 Å². The third-order valence-electron chi connectivity index (χ3n) is 7.67. The molecule has 1 fully saturated rings. The molecule has 3 aromatic carbocycles. The van der Waals surface area contributed by atoms with Crippen LogP contribution in [0.5, 0.6) is 0 Å². The molecule has 1 aromatic heterocycles. The first-order valence-corrected chi connectivity index (χ1v) is 13.2. The first kappa shape index (κ1) is 27.2. The normalized spacial score (nSPS) is 14.9. The molecule has 1 atom stereocenters. The summed E-state index contributed by atoms with van der Waals surface area (Å²) in [5, 5.41) is 11.8. The summed E-state index contributed by atoms with van der Waals surface area (Å²) < 4.78 is 42.3. The van der Waals surface area contributed by atoms with Gasteiger partial charge in [-0.3, -0.25) is 14.9 Å². The molecule has 10 heteroatoms. The number of non-ortho nitro benzene ring substituents is 1. The summed E-state index contributed by atoms with van der Waals surface area (Å²) >= 11 is 0. The number of halogens is 3. The molecule has 0 spiro atoms. The first-order valence-electron chi connectivity index (χ1n) is 13.2.